The summed E-state index contributed by atoms with van der Waals surface area (Å²) in [6, 6.07) is 0. The highest BCUT2D eigenvalue weighted by Gasteiger charge is 2.03. The second-order valence-corrected chi connectivity index (χ2v) is 6.96. The maximum absolute atomic E-state index is 11.4. The molecule has 0 spiro atoms. The average Bonchev–Trinajstić information content (AvgIpc) is 2.30. The lowest BCUT2D eigenvalue weighted by atomic mass is 10.1. The third-order valence-corrected chi connectivity index (χ3v) is 4.75. The molecule has 0 aromatic heterocycles. The van der Waals surface area contributed by atoms with E-state index in [1.54, 1.807) is 6.92 Å². The van der Waals surface area contributed by atoms with Gasteiger partial charge in [0.05, 0.1) is 6.10 Å². The third kappa shape index (κ3) is 14.2. The van der Waals surface area contributed by atoms with Crippen molar-refractivity contribution < 1.29 is 9.32 Å². The molecule has 0 fully saturated rings. The minimum Gasteiger partial charge on any atom is -0.392 e. The van der Waals surface area contributed by atoms with Crippen LogP contribution in [-0.4, -0.2) is 26.9 Å². The normalized spacial score (nSPS) is 14.6. The Bertz CT molecular complexity index is 193. The first-order chi connectivity index (χ1) is 8.66. The van der Waals surface area contributed by atoms with Gasteiger partial charge in [0, 0.05) is 22.3 Å². The molecule has 0 aromatic rings. The zero-order chi connectivity index (χ0) is 13.6. The van der Waals surface area contributed by atoms with Crippen LogP contribution < -0.4 is 0 Å². The van der Waals surface area contributed by atoms with E-state index in [0.717, 1.165) is 12.2 Å². The van der Waals surface area contributed by atoms with E-state index < -0.39 is 16.9 Å². The van der Waals surface area contributed by atoms with E-state index >= 15 is 0 Å². The Balaban J connectivity index is 3.09. The van der Waals surface area contributed by atoms with E-state index in [-0.39, 0.29) is 0 Å². The number of aliphatic hydroxyl groups is 1. The fourth-order valence-corrected chi connectivity index (χ4v) is 3.33. The molecule has 0 amide bonds. The molecular weight excluding hydrogens is 244 g/mol. The highest BCUT2D eigenvalue weighted by molar-refractivity contribution is 7.85. The van der Waals surface area contributed by atoms with Crippen molar-refractivity contribution in [2.75, 3.05) is 11.5 Å². The monoisotopic (exact) mass is 276 g/mol. The van der Waals surface area contributed by atoms with E-state index in [0.29, 0.717) is 5.75 Å². The molecule has 2 nitrogen and oxygen atoms in total. The van der Waals surface area contributed by atoms with Crippen LogP contribution in [0.5, 0.6) is 0 Å². The highest BCUT2D eigenvalue weighted by atomic mass is 32.2. The summed E-state index contributed by atoms with van der Waals surface area (Å²) < 4.78 is 11.4. The van der Waals surface area contributed by atoms with Crippen LogP contribution in [0.4, 0.5) is 0 Å². The maximum Gasteiger partial charge on any atom is 0.0627 e. The van der Waals surface area contributed by atoms with Crippen LogP contribution in [0.25, 0.3) is 0 Å². The molecule has 0 heterocycles. The highest BCUT2D eigenvalue weighted by Crippen LogP contribution is 2.10. The van der Waals surface area contributed by atoms with Crippen molar-refractivity contribution in [1.82, 2.24) is 0 Å². The summed E-state index contributed by atoms with van der Waals surface area (Å²) in [5.74, 6) is 1.21. The van der Waals surface area contributed by atoms with Crippen LogP contribution in [0.1, 0.15) is 78.1 Å². The molecule has 0 aliphatic carbocycles. The predicted molar refractivity (Wildman–Crippen MR) is 81.4 cm³/mol. The van der Waals surface area contributed by atoms with E-state index in [9.17, 15) is 4.21 Å². The Labute approximate surface area is 116 Å². The van der Waals surface area contributed by atoms with Gasteiger partial charge in [0.25, 0.3) is 0 Å². The van der Waals surface area contributed by atoms with Crippen LogP contribution in [0, 0.1) is 0 Å². The van der Waals surface area contributed by atoms with Gasteiger partial charge in [-0.3, -0.25) is 4.21 Å². The minimum atomic E-state index is -0.813. The predicted octanol–water partition coefficient (Wildman–Crippen LogP) is 4.04. The first kappa shape index (κ1) is 18.1. The lowest BCUT2D eigenvalue weighted by Gasteiger charge is -2.04. The molecule has 2 atom stereocenters. The minimum absolute atomic E-state index is 0.422. The van der Waals surface area contributed by atoms with Crippen molar-refractivity contribution in [3.05, 3.63) is 0 Å². The summed E-state index contributed by atoms with van der Waals surface area (Å²) in [5, 5.41) is 9.09. The zero-order valence-corrected chi connectivity index (χ0v) is 13.1. The first-order valence-electron chi connectivity index (χ1n) is 7.69. The number of hydrogen-bond acceptors (Lipinski definition) is 2. The van der Waals surface area contributed by atoms with Crippen molar-refractivity contribution in [3.8, 4) is 0 Å². The average molecular weight is 276 g/mol. The summed E-state index contributed by atoms with van der Waals surface area (Å²) in [4.78, 5) is 0. The molecule has 0 rings (SSSR count). The van der Waals surface area contributed by atoms with Crippen LogP contribution in [-0.2, 0) is 10.8 Å². The second kappa shape index (κ2) is 13.5. The molecule has 0 radical (unpaired) electrons. The van der Waals surface area contributed by atoms with Crippen molar-refractivity contribution in [2.24, 2.45) is 0 Å². The molecule has 0 aliphatic rings. The van der Waals surface area contributed by atoms with Gasteiger partial charge in [0.15, 0.2) is 0 Å². The van der Waals surface area contributed by atoms with Gasteiger partial charge in [0.2, 0.25) is 0 Å². The quantitative estimate of drug-likeness (QED) is 0.516. The summed E-state index contributed by atoms with van der Waals surface area (Å²) in [7, 11) is -0.813. The van der Waals surface area contributed by atoms with Gasteiger partial charge in [-0.15, -0.1) is 0 Å². The van der Waals surface area contributed by atoms with Gasteiger partial charge in [-0.05, 0) is 13.3 Å². The van der Waals surface area contributed by atoms with E-state index in [2.05, 4.69) is 6.92 Å². The molecule has 110 valence electrons. The Hall–Kier alpha value is 0.110. The molecule has 0 bridgehead atoms. The van der Waals surface area contributed by atoms with Gasteiger partial charge in [0.1, 0.15) is 0 Å². The molecule has 0 saturated heterocycles. The fourth-order valence-electron chi connectivity index (χ4n) is 2.10. The maximum atomic E-state index is 11.4. The topological polar surface area (TPSA) is 37.3 Å². The van der Waals surface area contributed by atoms with Crippen LogP contribution in [0.3, 0.4) is 0 Å². The fraction of sp³-hybridized carbons (Fsp3) is 1.00. The molecule has 1 N–H and O–H groups in total. The number of rotatable bonds is 13. The zero-order valence-electron chi connectivity index (χ0n) is 12.3. The SMILES string of the molecule is CCCCCCCCCCCC[S@](=O)C[C@@H](C)O. The number of hydrogen-bond donors (Lipinski definition) is 1. The molecule has 0 saturated carbocycles. The van der Waals surface area contributed by atoms with Crippen LogP contribution in [0.2, 0.25) is 0 Å². The summed E-state index contributed by atoms with van der Waals surface area (Å²) >= 11 is 0. The molecule has 0 aliphatic heterocycles. The molecule has 3 heteroatoms. The van der Waals surface area contributed by atoms with E-state index in [1.165, 1.54) is 57.8 Å². The van der Waals surface area contributed by atoms with Crippen LogP contribution in [0.15, 0.2) is 0 Å². The molecule has 18 heavy (non-hydrogen) atoms. The van der Waals surface area contributed by atoms with Gasteiger partial charge >= 0.3 is 0 Å². The summed E-state index contributed by atoms with van der Waals surface area (Å²) in [6.45, 7) is 3.96. The Kier molecular flexibility index (Phi) is 13.6. The Morgan fingerprint density at radius 3 is 1.78 bits per heavy atom. The van der Waals surface area contributed by atoms with E-state index in [4.69, 9.17) is 5.11 Å². The number of aliphatic hydroxyl groups excluding tert-OH is 1. The Morgan fingerprint density at radius 2 is 1.33 bits per heavy atom. The van der Waals surface area contributed by atoms with Crippen LogP contribution >= 0.6 is 0 Å². The lowest BCUT2D eigenvalue weighted by molar-refractivity contribution is 0.219. The van der Waals surface area contributed by atoms with Crippen molar-refractivity contribution in [1.29, 1.82) is 0 Å². The summed E-state index contributed by atoms with van der Waals surface area (Å²) in [5.41, 5.74) is 0. The molecule has 0 aromatic carbocycles. The third-order valence-electron chi connectivity index (χ3n) is 3.15. The van der Waals surface area contributed by atoms with Gasteiger partial charge < -0.3 is 5.11 Å². The Morgan fingerprint density at radius 1 is 0.889 bits per heavy atom. The van der Waals surface area contributed by atoms with Gasteiger partial charge in [-0.1, -0.05) is 64.7 Å². The van der Waals surface area contributed by atoms with Gasteiger partial charge in [-0.2, -0.15) is 0 Å². The van der Waals surface area contributed by atoms with Gasteiger partial charge in [-0.25, -0.2) is 0 Å². The van der Waals surface area contributed by atoms with Crippen molar-refractivity contribution >= 4 is 10.8 Å². The largest absolute Gasteiger partial charge is 0.392 e. The van der Waals surface area contributed by atoms with E-state index in [1.807, 2.05) is 0 Å². The second-order valence-electron chi connectivity index (χ2n) is 5.34. The van der Waals surface area contributed by atoms with Crippen molar-refractivity contribution in [3.63, 3.8) is 0 Å². The first-order valence-corrected chi connectivity index (χ1v) is 9.18. The molecular formula is C15H32O2S. The number of unbranched alkanes of at least 4 members (excludes halogenated alkanes) is 9. The lowest BCUT2D eigenvalue weighted by Crippen LogP contribution is -2.14. The summed E-state index contributed by atoms with van der Waals surface area (Å²) in [6.07, 6.45) is 12.7. The standard InChI is InChI=1S/C15H32O2S/c1-3-4-5-6-7-8-9-10-11-12-13-18(17)14-15(2)16/h15-16H,3-14H2,1-2H3/t15-,18+/m1/s1. The van der Waals surface area contributed by atoms with Crippen molar-refractivity contribution in [2.45, 2.75) is 84.2 Å². The smallest absolute Gasteiger partial charge is 0.0627 e. The molecule has 0 unspecified atom stereocenters.